The summed E-state index contributed by atoms with van der Waals surface area (Å²) in [7, 11) is 0. The molecule has 0 aromatic rings. The summed E-state index contributed by atoms with van der Waals surface area (Å²) < 4.78 is 0. The summed E-state index contributed by atoms with van der Waals surface area (Å²) in [5.41, 5.74) is -0.380. The lowest BCUT2D eigenvalue weighted by Crippen LogP contribution is -2.54. The second kappa shape index (κ2) is 7.99. The molecule has 2 aliphatic heterocycles. The van der Waals surface area contributed by atoms with Crippen LogP contribution in [0.15, 0.2) is 0 Å². The fourth-order valence-electron chi connectivity index (χ4n) is 3.07. The number of hydrogen-bond acceptors (Lipinski definition) is 3. The number of likely N-dealkylation sites (tertiary alicyclic amines) is 1. The molecule has 2 rings (SSSR count). The molecular formula is C15H28ClN3O2. The fourth-order valence-corrected chi connectivity index (χ4v) is 3.07. The molecule has 2 aliphatic rings. The largest absolute Gasteiger partial charge is 0.344 e. The number of halogens is 1. The Balaban J connectivity index is 0.00000220. The highest BCUT2D eigenvalue weighted by molar-refractivity contribution is 5.90. The Kier molecular flexibility index (Phi) is 6.94. The van der Waals surface area contributed by atoms with E-state index in [-0.39, 0.29) is 29.6 Å². The summed E-state index contributed by atoms with van der Waals surface area (Å²) in [4.78, 5) is 26.6. The van der Waals surface area contributed by atoms with E-state index in [4.69, 9.17) is 0 Å². The van der Waals surface area contributed by atoms with Crippen molar-refractivity contribution in [3.05, 3.63) is 0 Å². The van der Waals surface area contributed by atoms with E-state index in [1.165, 1.54) is 6.42 Å². The third-order valence-corrected chi connectivity index (χ3v) is 4.53. The highest BCUT2D eigenvalue weighted by atomic mass is 35.5. The highest BCUT2D eigenvalue weighted by Gasteiger charge is 2.36. The highest BCUT2D eigenvalue weighted by Crippen LogP contribution is 2.25. The van der Waals surface area contributed by atoms with Crippen molar-refractivity contribution in [3.8, 4) is 0 Å². The first-order valence-corrected chi connectivity index (χ1v) is 7.83. The summed E-state index contributed by atoms with van der Waals surface area (Å²) >= 11 is 0. The summed E-state index contributed by atoms with van der Waals surface area (Å²) in [6, 6.07) is -0.417. The smallest absolute Gasteiger partial charge is 0.244 e. The lowest BCUT2D eigenvalue weighted by Gasteiger charge is -2.35. The van der Waals surface area contributed by atoms with Gasteiger partial charge in [-0.05, 0) is 52.5 Å². The molecule has 2 heterocycles. The average Bonchev–Trinajstić information content (AvgIpc) is 2.48. The molecule has 2 saturated heterocycles. The molecule has 21 heavy (non-hydrogen) atoms. The number of amides is 2. The molecular weight excluding hydrogens is 290 g/mol. The summed E-state index contributed by atoms with van der Waals surface area (Å²) in [6.07, 6.45) is 5.26. The zero-order valence-electron chi connectivity index (χ0n) is 13.1. The molecule has 0 spiro atoms. The van der Waals surface area contributed by atoms with Crippen LogP contribution >= 0.6 is 12.4 Å². The first-order valence-electron chi connectivity index (χ1n) is 7.83. The molecule has 122 valence electrons. The Morgan fingerprint density at radius 2 is 1.86 bits per heavy atom. The van der Waals surface area contributed by atoms with Crippen LogP contribution in [0.25, 0.3) is 0 Å². The Hall–Kier alpha value is -0.810. The van der Waals surface area contributed by atoms with Crippen molar-refractivity contribution in [2.24, 2.45) is 5.41 Å². The van der Waals surface area contributed by atoms with E-state index >= 15 is 0 Å². The van der Waals surface area contributed by atoms with E-state index in [9.17, 15) is 9.59 Å². The van der Waals surface area contributed by atoms with Gasteiger partial charge in [-0.2, -0.15) is 0 Å². The quantitative estimate of drug-likeness (QED) is 0.825. The van der Waals surface area contributed by atoms with Crippen LogP contribution in [-0.4, -0.2) is 48.9 Å². The van der Waals surface area contributed by atoms with E-state index < -0.39 is 6.04 Å². The molecule has 2 amide bonds. The zero-order chi connectivity index (χ0) is 14.6. The lowest BCUT2D eigenvalue weighted by atomic mass is 9.81. The number of rotatable bonds is 3. The van der Waals surface area contributed by atoms with Crippen molar-refractivity contribution in [1.82, 2.24) is 15.5 Å². The maximum Gasteiger partial charge on any atom is 0.244 e. The van der Waals surface area contributed by atoms with Crippen molar-refractivity contribution >= 4 is 24.2 Å². The molecule has 0 bridgehead atoms. The number of nitrogens with one attached hydrogen (secondary N) is 2. The van der Waals surface area contributed by atoms with E-state index in [0.717, 1.165) is 45.3 Å². The molecule has 0 radical (unpaired) electrons. The van der Waals surface area contributed by atoms with Crippen molar-refractivity contribution in [1.29, 1.82) is 0 Å². The van der Waals surface area contributed by atoms with E-state index in [0.29, 0.717) is 6.54 Å². The minimum absolute atomic E-state index is 0. The number of nitrogens with zero attached hydrogens (tertiary/aromatic N) is 1. The predicted molar refractivity (Wildman–Crippen MR) is 85.5 cm³/mol. The van der Waals surface area contributed by atoms with E-state index in [1.807, 2.05) is 11.8 Å². The number of carbonyl (C=O) groups is 2. The second-order valence-electron chi connectivity index (χ2n) is 6.42. The van der Waals surface area contributed by atoms with Crippen molar-refractivity contribution in [3.63, 3.8) is 0 Å². The standard InChI is InChI=1S/C15H27N3O2.ClH/c1-12(13(19)18-9-4-3-5-10-18)17-14(20)15(2)7-6-8-16-11-15;/h12,16H,3-11H2,1-2H3,(H,17,20);1H. The Morgan fingerprint density at radius 1 is 1.19 bits per heavy atom. The first kappa shape index (κ1) is 18.2. The van der Waals surface area contributed by atoms with Gasteiger partial charge in [-0.1, -0.05) is 0 Å². The van der Waals surface area contributed by atoms with Gasteiger partial charge in [0.2, 0.25) is 11.8 Å². The van der Waals surface area contributed by atoms with Crippen LogP contribution in [0.2, 0.25) is 0 Å². The van der Waals surface area contributed by atoms with Gasteiger partial charge in [0, 0.05) is 19.6 Å². The molecule has 6 heteroatoms. The monoisotopic (exact) mass is 317 g/mol. The Bertz CT molecular complexity index is 364. The zero-order valence-corrected chi connectivity index (χ0v) is 13.9. The van der Waals surface area contributed by atoms with Gasteiger partial charge < -0.3 is 15.5 Å². The summed E-state index contributed by atoms with van der Waals surface area (Å²) in [5, 5.41) is 6.18. The van der Waals surface area contributed by atoms with Gasteiger partial charge in [-0.15, -0.1) is 12.4 Å². The lowest BCUT2D eigenvalue weighted by molar-refractivity contribution is -0.139. The molecule has 0 aromatic heterocycles. The van der Waals surface area contributed by atoms with Crippen molar-refractivity contribution in [2.45, 2.75) is 52.0 Å². The van der Waals surface area contributed by atoms with Gasteiger partial charge >= 0.3 is 0 Å². The summed E-state index contributed by atoms with van der Waals surface area (Å²) in [5.74, 6) is 0.0629. The van der Waals surface area contributed by atoms with Gasteiger partial charge in [0.05, 0.1) is 5.41 Å². The maximum absolute atomic E-state index is 12.4. The Labute approximate surface area is 133 Å². The molecule has 2 N–H and O–H groups in total. The normalized spacial score (nSPS) is 27.4. The third kappa shape index (κ3) is 4.58. The molecule has 2 fully saturated rings. The SMILES string of the molecule is CC(NC(=O)C1(C)CCCNC1)C(=O)N1CCCCC1.Cl. The van der Waals surface area contributed by atoms with Gasteiger partial charge in [-0.25, -0.2) is 0 Å². The Morgan fingerprint density at radius 3 is 2.43 bits per heavy atom. The average molecular weight is 318 g/mol. The van der Waals surface area contributed by atoms with Crippen molar-refractivity contribution in [2.75, 3.05) is 26.2 Å². The fraction of sp³-hybridized carbons (Fsp3) is 0.867. The van der Waals surface area contributed by atoms with E-state index in [2.05, 4.69) is 10.6 Å². The van der Waals surface area contributed by atoms with Crippen LogP contribution in [0.5, 0.6) is 0 Å². The maximum atomic E-state index is 12.4. The minimum Gasteiger partial charge on any atom is -0.344 e. The van der Waals surface area contributed by atoms with Crippen LogP contribution in [-0.2, 0) is 9.59 Å². The number of carbonyl (C=O) groups excluding carboxylic acids is 2. The third-order valence-electron chi connectivity index (χ3n) is 4.53. The van der Waals surface area contributed by atoms with Crippen molar-refractivity contribution < 1.29 is 9.59 Å². The number of piperidine rings is 2. The van der Waals surface area contributed by atoms with Crippen LogP contribution in [0.1, 0.15) is 46.0 Å². The molecule has 2 atom stereocenters. The number of hydrogen-bond donors (Lipinski definition) is 2. The van der Waals surface area contributed by atoms with Crippen LogP contribution in [0.4, 0.5) is 0 Å². The van der Waals surface area contributed by atoms with Crippen LogP contribution in [0, 0.1) is 5.41 Å². The van der Waals surface area contributed by atoms with Crippen LogP contribution < -0.4 is 10.6 Å². The first-order chi connectivity index (χ1) is 9.53. The van der Waals surface area contributed by atoms with E-state index in [1.54, 1.807) is 6.92 Å². The molecule has 0 saturated carbocycles. The molecule has 5 nitrogen and oxygen atoms in total. The van der Waals surface area contributed by atoms with Gasteiger partial charge in [-0.3, -0.25) is 9.59 Å². The van der Waals surface area contributed by atoms with Gasteiger partial charge in [0.1, 0.15) is 6.04 Å². The summed E-state index contributed by atoms with van der Waals surface area (Å²) in [6.45, 7) is 7.12. The molecule has 2 unspecified atom stereocenters. The topological polar surface area (TPSA) is 61.4 Å². The van der Waals surface area contributed by atoms with Gasteiger partial charge in [0.25, 0.3) is 0 Å². The molecule has 0 aliphatic carbocycles. The van der Waals surface area contributed by atoms with Crippen LogP contribution in [0.3, 0.4) is 0 Å². The second-order valence-corrected chi connectivity index (χ2v) is 6.42. The minimum atomic E-state index is -0.417. The van der Waals surface area contributed by atoms with Gasteiger partial charge in [0.15, 0.2) is 0 Å². The molecule has 0 aromatic carbocycles. The predicted octanol–water partition coefficient (Wildman–Crippen LogP) is 1.32.